The normalized spacial score (nSPS) is 11.8. The molecule has 2 heterocycles. The van der Waals surface area contributed by atoms with E-state index < -0.39 is 0 Å². The molecule has 0 aliphatic rings. The quantitative estimate of drug-likeness (QED) is 0.737. The molecule has 7 heteroatoms. The second-order valence-corrected chi connectivity index (χ2v) is 5.90. The van der Waals surface area contributed by atoms with E-state index in [1.807, 2.05) is 19.1 Å². The molecule has 1 N–H and O–H groups in total. The van der Waals surface area contributed by atoms with Crippen LogP contribution in [0.5, 0.6) is 5.75 Å². The fourth-order valence-electron chi connectivity index (χ4n) is 2.47. The highest BCUT2D eigenvalue weighted by molar-refractivity contribution is 5.92. The summed E-state index contributed by atoms with van der Waals surface area (Å²) in [5.74, 6) is -0.168. The first kappa shape index (κ1) is 17.6. The van der Waals surface area contributed by atoms with Crippen LogP contribution >= 0.6 is 0 Å². The lowest BCUT2D eigenvalue weighted by Crippen LogP contribution is -2.30. The Bertz CT molecular complexity index is 882. The number of carbonyl (C=O) groups excluding carboxylic acids is 1. The van der Waals surface area contributed by atoms with E-state index in [-0.39, 0.29) is 24.4 Å². The minimum atomic E-state index is -0.367. The molecule has 1 atom stereocenters. The lowest BCUT2D eigenvalue weighted by molar-refractivity contribution is 0.0736. The van der Waals surface area contributed by atoms with Crippen molar-refractivity contribution in [3.8, 4) is 5.75 Å². The highest BCUT2D eigenvalue weighted by atomic mass is 19.1. The first-order valence-electron chi connectivity index (χ1n) is 8.14. The Labute approximate surface area is 150 Å². The summed E-state index contributed by atoms with van der Waals surface area (Å²) in [5, 5.41) is 6.83. The Morgan fingerprint density at radius 2 is 2.15 bits per heavy atom. The van der Waals surface area contributed by atoms with Crippen LogP contribution in [0.15, 0.2) is 54.9 Å². The molecule has 3 aromatic rings. The molecule has 6 nitrogen and oxygen atoms in total. The summed E-state index contributed by atoms with van der Waals surface area (Å²) in [5.41, 5.74) is 1.86. The predicted molar refractivity (Wildman–Crippen MR) is 94.1 cm³/mol. The molecule has 0 fully saturated rings. The topological polar surface area (TPSA) is 71.1 Å². The molecule has 2 aromatic heterocycles. The summed E-state index contributed by atoms with van der Waals surface area (Å²) in [6, 6.07) is 11.1. The lowest BCUT2D eigenvalue weighted by Gasteiger charge is -2.24. The number of ether oxygens (including phenoxy) is 1. The van der Waals surface area contributed by atoms with E-state index in [1.54, 1.807) is 42.5 Å². The standard InChI is InChI=1S/C19H19FN4O2/c1-13(14-5-4-8-21-11-14)24(2)19(25)18-10-16(22-23-18)12-26-17-7-3-6-15(20)9-17/h3-11,13H,12H2,1-2H3,(H,22,23). The Balaban J connectivity index is 1.64. The van der Waals surface area contributed by atoms with E-state index in [0.717, 1.165) is 5.56 Å². The van der Waals surface area contributed by atoms with Gasteiger partial charge in [-0.2, -0.15) is 5.10 Å². The van der Waals surface area contributed by atoms with Crippen LogP contribution in [-0.4, -0.2) is 33.0 Å². The SMILES string of the molecule is CC(c1cccnc1)N(C)C(=O)c1cc(COc2cccc(F)c2)[nH]n1. The molecular formula is C19H19FN4O2. The zero-order valence-electron chi connectivity index (χ0n) is 14.5. The van der Waals surface area contributed by atoms with Crippen LogP contribution in [0.2, 0.25) is 0 Å². The summed E-state index contributed by atoms with van der Waals surface area (Å²) in [6.07, 6.45) is 3.42. The van der Waals surface area contributed by atoms with Gasteiger partial charge < -0.3 is 9.64 Å². The van der Waals surface area contributed by atoms with Crippen LogP contribution in [0.4, 0.5) is 4.39 Å². The van der Waals surface area contributed by atoms with Crippen LogP contribution in [0.25, 0.3) is 0 Å². The molecular weight excluding hydrogens is 335 g/mol. The number of pyridine rings is 1. The van der Waals surface area contributed by atoms with Gasteiger partial charge in [0.2, 0.25) is 0 Å². The molecule has 1 aromatic carbocycles. The third kappa shape index (κ3) is 4.05. The third-order valence-electron chi connectivity index (χ3n) is 4.11. The number of aromatic nitrogens is 3. The number of hydrogen-bond donors (Lipinski definition) is 1. The minimum Gasteiger partial charge on any atom is -0.487 e. The summed E-state index contributed by atoms with van der Waals surface area (Å²) in [4.78, 5) is 18.3. The van der Waals surface area contributed by atoms with Gasteiger partial charge >= 0.3 is 0 Å². The number of amides is 1. The highest BCUT2D eigenvalue weighted by Gasteiger charge is 2.21. The second kappa shape index (κ2) is 7.77. The van der Waals surface area contributed by atoms with Crippen molar-refractivity contribution in [2.75, 3.05) is 7.05 Å². The number of halogens is 1. The van der Waals surface area contributed by atoms with E-state index in [4.69, 9.17) is 4.74 Å². The largest absolute Gasteiger partial charge is 0.487 e. The first-order valence-corrected chi connectivity index (χ1v) is 8.14. The fourth-order valence-corrected chi connectivity index (χ4v) is 2.47. The number of H-pyrrole nitrogens is 1. The number of benzene rings is 1. The zero-order valence-corrected chi connectivity index (χ0v) is 14.5. The second-order valence-electron chi connectivity index (χ2n) is 5.90. The molecule has 3 rings (SSSR count). The van der Waals surface area contributed by atoms with Crippen molar-refractivity contribution in [2.24, 2.45) is 0 Å². The lowest BCUT2D eigenvalue weighted by atomic mass is 10.1. The molecule has 0 aliphatic heterocycles. The summed E-state index contributed by atoms with van der Waals surface area (Å²) >= 11 is 0. The maximum Gasteiger partial charge on any atom is 0.274 e. The molecule has 0 bridgehead atoms. The van der Waals surface area contributed by atoms with Crippen molar-refractivity contribution in [1.82, 2.24) is 20.1 Å². The Morgan fingerprint density at radius 3 is 2.88 bits per heavy atom. The Morgan fingerprint density at radius 1 is 1.31 bits per heavy atom. The van der Waals surface area contributed by atoms with Gasteiger partial charge in [-0.25, -0.2) is 4.39 Å². The van der Waals surface area contributed by atoms with E-state index in [0.29, 0.717) is 17.1 Å². The third-order valence-corrected chi connectivity index (χ3v) is 4.11. The molecule has 26 heavy (non-hydrogen) atoms. The van der Waals surface area contributed by atoms with E-state index in [1.165, 1.54) is 12.1 Å². The van der Waals surface area contributed by atoms with E-state index >= 15 is 0 Å². The molecule has 0 saturated carbocycles. The van der Waals surface area contributed by atoms with Crippen molar-refractivity contribution in [1.29, 1.82) is 0 Å². The van der Waals surface area contributed by atoms with Gasteiger partial charge in [0.05, 0.1) is 11.7 Å². The smallest absolute Gasteiger partial charge is 0.274 e. The molecule has 0 saturated heterocycles. The van der Waals surface area contributed by atoms with Crippen LogP contribution in [-0.2, 0) is 6.61 Å². The van der Waals surface area contributed by atoms with Crippen molar-refractivity contribution in [2.45, 2.75) is 19.6 Å². The van der Waals surface area contributed by atoms with Gasteiger partial charge in [-0.15, -0.1) is 0 Å². The average molecular weight is 354 g/mol. The molecule has 0 radical (unpaired) electrons. The average Bonchev–Trinajstić information content (AvgIpc) is 3.14. The van der Waals surface area contributed by atoms with Crippen LogP contribution in [0.3, 0.4) is 0 Å². The van der Waals surface area contributed by atoms with Gasteiger partial charge in [-0.1, -0.05) is 12.1 Å². The van der Waals surface area contributed by atoms with Crippen LogP contribution in [0.1, 0.15) is 34.7 Å². The molecule has 0 aliphatic carbocycles. The monoisotopic (exact) mass is 354 g/mol. The first-order chi connectivity index (χ1) is 12.5. The highest BCUT2D eigenvalue weighted by Crippen LogP contribution is 2.20. The summed E-state index contributed by atoms with van der Waals surface area (Å²) < 4.78 is 18.7. The van der Waals surface area contributed by atoms with Crippen LogP contribution in [0, 0.1) is 5.82 Å². The molecule has 134 valence electrons. The fraction of sp³-hybridized carbons (Fsp3) is 0.211. The Hall–Kier alpha value is -3.22. The van der Waals surface area contributed by atoms with Gasteiger partial charge in [0.1, 0.15) is 18.2 Å². The zero-order chi connectivity index (χ0) is 18.5. The molecule has 1 amide bonds. The van der Waals surface area contributed by atoms with Crippen molar-refractivity contribution < 1.29 is 13.9 Å². The van der Waals surface area contributed by atoms with Gasteiger partial charge in [0.15, 0.2) is 5.69 Å². The number of rotatable bonds is 6. The number of hydrogen-bond acceptors (Lipinski definition) is 4. The van der Waals surface area contributed by atoms with Gasteiger partial charge in [-0.05, 0) is 36.8 Å². The molecule has 1 unspecified atom stereocenters. The summed E-state index contributed by atoms with van der Waals surface area (Å²) in [7, 11) is 1.72. The van der Waals surface area contributed by atoms with E-state index in [2.05, 4.69) is 15.2 Å². The maximum absolute atomic E-state index is 13.2. The number of aromatic amines is 1. The maximum atomic E-state index is 13.2. The number of nitrogens with one attached hydrogen (secondary N) is 1. The van der Waals surface area contributed by atoms with Gasteiger partial charge in [-0.3, -0.25) is 14.9 Å². The number of nitrogens with zero attached hydrogens (tertiary/aromatic N) is 3. The Kier molecular flexibility index (Phi) is 5.26. The van der Waals surface area contributed by atoms with E-state index in [9.17, 15) is 9.18 Å². The molecule has 0 spiro atoms. The van der Waals surface area contributed by atoms with Crippen molar-refractivity contribution in [3.63, 3.8) is 0 Å². The van der Waals surface area contributed by atoms with Crippen molar-refractivity contribution >= 4 is 5.91 Å². The number of carbonyl (C=O) groups is 1. The van der Waals surface area contributed by atoms with Gasteiger partial charge in [0.25, 0.3) is 5.91 Å². The summed E-state index contributed by atoms with van der Waals surface area (Å²) in [6.45, 7) is 2.08. The van der Waals surface area contributed by atoms with Crippen LogP contribution < -0.4 is 4.74 Å². The predicted octanol–water partition coefficient (Wildman–Crippen LogP) is 3.36. The van der Waals surface area contributed by atoms with Gasteiger partial charge in [0, 0.05) is 25.5 Å². The van der Waals surface area contributed by atoms with Crippen molar-refractivity contribution in [3.05, 3.63) is 77.6 Å². The minimum absolute atomic E-state index is 0.139.